The fourth-order valence-corrected chi connectivity index (χ4v) is 2.97. The summed E-state index contributed by atoms with van der Waals surface area (Å²) in [6.45, 7) is 0.603. The van der Waals surface area contributed by atoms with Gasteiger partial charge < -0.3 is 10.1 Å². The predicted molar refractivity (Wildman–Crippen MR) is 88.4 cm³/mol. The molecule has 5 amide bonds. The quantitative estimate of drug-likeness (QED) is 0.540. The number of benzene rings is 1. The van der Waals surface area contributed by atoms with Gasteiger partial charge in [-0.05, 0) is 18.6 Å². The van der Waals surface area contributed by atoms with Gasteiger partial charge in [0, 0.05) is 13.3 Å². The second kappa shape index (κ2) is 6.98. The van der Waals surface area contributed by atoms with Crippen molar-refractivity contribution in [2.24, 2.45) is 0 Å². The molecule has 1 aromatic rings. The van der Waals surface area contributed by atoms with Gasteiger partial charge in [-0.1, -0.05) is 6.07 Å². The molecule has 1 aromatic carbocycles. The van der Waals surface area contributed by atoms with Crippen LogP contribution < -0.4 is 10.6 Å². The fourth-order valence-electron chi connectivity index (χ4n) is 2.97. The smallest absolute Gasteiger partial charge is 0.303 e. The number of piperidine rings is 1. The largest absolute Gasteiger partial charge is 0.456 e. The van der Waals surface area contributed by atoms with Crippen molar-refractivity contribution >= 4 is 41.2 Å². The normalized spacial score (nSPS) is 18.9. The van der Waals surface area contributed by atoms with Crippen molar-refractivity contribution in [2.75, 3.05) is 11.9 Å². The molecule has 0 aromatic heterocycles. The lowest BCUT2D eigenvalue weighted by molar-refractivity contribution is -0.145. The molecule has 0 saturated carbocycles. The van der Waals surface area contributed by atoms with E-state index in [0.717, 1.165) is 11.8 Å². The highest BCUT2D eigenvalue weighted by molar-refractivity contribution is 6.26. The number of nitrogens with zero attached hydrogens (tertiary/aromatic N) is 1. The van der Waals surface area contributed by atoms with Gasteiger partial charge in [-0.3, -0.25) is 39.0 Å². The van der Waals surface area contributed by atoms with Gasteiger partial charge in [0.25, 0.3) is 17.7 Å². The summed E-state index contributed by atoms with van der Waals surface area (Å²) in [5.74, 6) is -3.93. The van der Waals surface area contributed by atoms with E-state index in [9.17, 15) is 28.8 Å². The van der Waals surface area contributed by atoms with Crippen LogP contribution in [-0.4, -0.2) is 53.1 Å². The second-order valence-corrected chi connectivity index (χ2v) is 6.00. The summed E-state index contributed by atoms with van der Waals surface area (Å²) in [7, 11) is 0. The SMILES string of the molecule is CC(=O)OCC(=O)Nc1cccc2c1C(=O)N(C1CCC(=O)NC1=O)C2=O. The van der Waals surface area contributed by atoms with E-state index in [1.54, 1.807) is 0 Å². The first-order chi connectivity index (χ1) is 12.8. The molecule has 0 bridgehead atoms. The van der Waals surface area contributed by atoms with E-state index in [4.69, 9.17) is 0 Å². The summed E-state index contributed by atoms with van der Waals surface area (Å²) in [6, 6.07) is 3.20. The number of carbonyl (C=O) groups is 6. The van der Waals surface area contributed by atoms with Crippen LogP contribution in [0, 0.1) is 0 Å². The lowest BCUT2D eigenvalue weighted by Gasteiger charge is -2.27. The van der Waals surface area contributed by atoms with Crippen LogP contribution in [0.4, 0.5) is 5.69 Å². The minimum atomic E-state index is -1.10. The maximum absolute atomic E-state index is 12.8. The fraction of sp³-hybridized carbons (Fsp3) is 0.294. The number of imide groups is 2. The zero-order valence-electron chi connectivity index (χ0n) is 14.2. The Labute approximate surface area is 152 Å². The van der Waals surface area contributed by atoms with Crippen molar-refractivity contribution in [1.29, 1.82) is 0 Å². The Bertz CT molecular complexity index is 893. The Morgan fingerprint density at radius 2 is 1.96 bits per heavy atom. The van der Waals surface area contributed by atoms with Crippen molar-refractivity contribution in [2.45, 2.75) is 25.8 Å². The predicted octanol–water partition coefficient (Wildman–Crippen LogP) is -0.411. The third-order valence-corrected chi connectivity index (χ3v) is 4.15. The van der Waals surface area contributed by atoms with Crippen molar-refractivity contribution in [3.63, 3.8) is 0 Å². The van der Waals surface area contributed by atoms with Gasteiger partial charge in [-0.15, -0.1) is 0 Å². The summed E-state index contributed by atoms with van der Waals surface area (Å²) in [6.07, 6.45) is 0.0417. The highest BCUT2D eigenvalue weighted by Gasteiger charge is 2.45. The van der Waals surface area contributed by atoms with Gasteiger partial charge >= 0.3 is 5.97 Å². The van der Waals surface area contributed by atoms with Crippen molar-refractivity contribution in [3.05, 3.63) is 29.3 Å². The molecule has 1 fully saturated rings. The van der Waals surface area contributed by atoms with Crippen LogP contribution in [0.25, 0.3) is 0 Å². The number of ether oxygens (including phenoxy) is 1. The molecule has 1 atom stereocenters. The van der Waals surface area contributed by atoms with Crippen LogP contribution in [0.2, 0.25) is 0 Å². The van der Waals surface area contributed by atoms with Crippen LogP contribution >= 0.6 is 0 Å². The summed E-state index contributed by atoms with van der Waals surface area (Å²) in [5.41, 5.74) is 0.0520. The highest BCUT2D eigenvalue weighted by Crippen LogP contribution is 2.32. The van der Waals surface area contributed by atoms with Crippen LogP contribution in [0.3, 0.4) is 0 Å². The van der Waals surface area contributed by atoms with Gasteiger partial charge in [0.15, 0.2) is 6.61 Å². The Kier molecular flexibility index (Phi) is 4.72. The summed E-state index contributed by atoms with van der Waals surface area (Å²) in [4.78, 5) is 72.3. The van der Waals surface area contributed by atoms with Gasteiger partial charge in [-0.2, -0.15) is 0 Å². The number of nitrogens with one attached hydrogen (secondary N) is 2. The Balaban J connectivity index is 1.86. The van der Waals surface area contributed by atoms with E-state index in [2.05, 4.69) is 15.4 Å². The molecule has 0 spiro atoms. The Morgan fingerprint density at radius 1 is 1.22 bits per heavy atom. The minimum Gasteiger partial charge on any atom is -0.456 e. The van der Waals surface area contributed by atoms with E-state index in [1.807, 2.05) is 0 Å². The first-order valence-corrected chi connectivity index (χ1v) is 8.07. The van der Waals surface area contributed by atoms with Gasteiger partial charge in [0.1, 0.15) is 6.04 Å². The third kappa shape index (κ3) is 3.41. The van der Waals surface area contributed by atoms with E-state index in [-0.39, 0.29) is 29.7 Å². The molecule has 2 heterocycles. The number of hydrogen-bond acceptors (Lipinski definition) is 7. The van der Waals surface area contributed by atoms with Crippen LogP contribution in [0.1, 0.15) is 40.5 Å². The monoisotopic (exact) mass is 373 g/mol. The number of amides is 5. The lowest BCUT2D eigenvalue weighted by atomic mass is 10.0. The molecule has 1 unspecified atom stereocenters. The molecule has 0 radical (unpaired) electrons. The van der Waals surface area contributed by atoms with Crippen LogP contribution in [0.5, 0.6) is 0 Å². The summed E-state index contributed by atoms with van der Waals surface area (Å²) < 4.78 is 4.59. The molecule has 27 heavy (non-hydrogen) atoms. The number of hydrogen-bond donors (Lipinski definition) is 2. The zero-order valence-corrected chi connectivity index (χ0v) is 14.2. The topological polar surface area (TPSA) is 139 Å². The van der Waals surface area contributed by atoms with Crippen molar-refractivity contribution in [1.82, 2.24) is 10.2 Å². The molecule has 10 nitrogen and oxygen atoms in total. The molecule has 2 aliphatic heterocycles. The van der Waals surface area contributed by atoms with E-state index in [1.165, 1.54) is 18.2 Å². The average molecular weight is 373 g/mol. The average Bonchev–Trinajstić information content (AvgIpc) is 2.86. The molecule has 3 rings (SSSR count). The maximum Gasteiger partial charge on any atom is 0.303 e. The molecule has 0 aliphatic carbocycles. The molecule has 140 valence electrons. The number of rotatable bonds is 4. The van der Waals surface area contributed by atoms with Gasteiger partial charge in [-0.25, -0.2) is 0 Å². The van der Waals surface area contributed by atoms with E-state index in [0.29, 0.717) is 0 Å². The maximum atomic E-state index is 12.8. The lowest BCUT2D eigenvalue weighted by Crippen LogP contribution is -2.54. The zero-order chi connectivity index (χ0) is 19.7. The second-order valence-electron chi connectivity index (χ2n) is 6.00. The van der Waals surface area contributed by atoms with Crippen molar-refractivity contribution < 1.29 is 33.5 Å². The summed E-state index contributed by atoms with van der Waals surface area (Å²) in [5, 5.41) is 4.53. The number of carbonyl (C=O) groups excluding carboxylic acids is 6. The van der Waals surface area contributed by atoms with Crippen LogP contribution in [-0.2, 0) is 23.9 Å². The number of anilines is 1. The van der Waals surface area contributed by atoms with E-state index >= 15 is 0 Å². The standard InChI is InChI=1S/C17H15N3O7/c1-8(21)27-7-13(23)18-10-4-2-3-9-14(10)17(26)20(16(9)25)11-5-6-12(22)19-15(11)24/h2-4,11H,5-7H2,1H3,(H,18,23)(H,19,22,24). The van der Waals surface area contributed by atoms with Crippen LogP contribution in [0.15, 0.2) is 18.2 Å². The number of fused-ring (bicyclic) bond motifs is 1. The Morgan fingerprint density at radius 3 is 2.63 bits per heavy atom. The third-order valence-electron chi connectivity index (χ3n) is 4.15. The first kappa shape index (κ1) is 18.2. The molecule has 10 heteroatoms. The Hall–Kier alpha value is -3.56. The number of esters is 1. The van der Waals surface area contributed by atoms with E-state index < -0.39 is 48.2 Å². The molecular weight excluding hydrogens is 358 g/mol. The molecule has 2 aliphatic rings. The molecule has 2 N–H and O–H groups in total. The summed E-state index contributed by atoms with van der Waals surface area (Å²) >= 11 is 0. The van der Waals surface area contributed by atoms with Gasteiger partial charge in [0.2, 0.25) is 11.8 Å². The van der Waals surface area contributed by atoms with Gasteiger partial charge in [0.05, 0.1) is 16.8 Å². The molecule has 1 saturated heterocycles. The minimum absolute atomic E-state index is 0.00971. The molecular formula is C17H15N3O7. The highest BCUT2D eigenvalue weighted by atomic mass is 16.5. The first-order valence-electron chi connectivity index (χ1n) is 8.07. The van der Waals surface area contributed by atoms with Crippen molar-refractivity contribution in [3.8, 4) is 0 Å².